The number of rotatable bonds is 4. The molecule has 2 N–H and O–H groups in total. The number of aromatic nitrogens is 2. The molecule has 3 aromatic rings. The van der Waals surface area contributed by atoms with Crippen molar-refractivity contribution in [3.8, 4) is 0 Å². The van der Waals surface area contributed by atoms with E-state index in [0.717, 1.165) is 11.3 Å². The molecule has 0 saturated heterocycles. The van der Waals surface area contributed by atoms with Gasteiger partial charge >= 0.3 is 0 Å². The van der Waals surface area contributed by atoms with Gasteiger partial charge in [-0.15, -0.1) is 10.2 Å². The lowest BCUT2D eigenvalue weighted by atomic mass is 10.1. The highest BCUT2D eigenvalue weighted by atomic mass is 19.1. The molecule has 5 nitrogen and oxygen atoms in total. The van der Waals surface area contributed by atoms with Gasteiger partial charge in [0.05, 0.1) is 0 Å². The highest BCUT2D eigenvalue weighted by molar-refractivity contribution is 6.03. The summed E-state index contributed by atoms with van der Waals surface area (Å²) in [6.07, 6.45) is 0. The van der Waals surface area contributed by atoms with Crippen molar-refractivity contribution in [1.82, 2.24) is 10.2 Å². The number of carbonyl (C=O) groups excluding carboxylic acids is 1. The van der Waals surface area contributed by atoms with Crippen LogP contribution in [0, 0.1) is 19.7 Å². The van der Waals surface area contributed by atoms with Crippen LogP contribution in [0.25, 0.3) is 0 Å². The van der Waals surface area contributed by atoms with Gasteiger partial charge in [-0.05, 0) is 61.9 Å². The number of benzene rings is 2. The van der Waals surface area contributed by atoms with Gasteiger partial charge in [-0.2, -0.15) is 0 Å². The number of nitrogens with one attached hydrogen (secondary N) is 2. The molecular weight excluding hydrogens is 319 g/mol. The molecule has 6 heteroatoms. The summed E-state index contributed by atoms with van der Waals surface area (Å²) in [4.78, 5) is 12.1. The zero-order valence-electron chi connectivity index (χ0n) is 13.9. The maximum Gasteiger partial charge on any atom is 0.256 e. The van der Waals surface area contributed by atoms with Crippen molar-refractivity contribution in [2.75, 3.05) is 10.6 Å². The van der Waals surface area contributed by atoms with Crippen LogP contribution in [0.3, 0.4) is 0 Å². The van der Waals surface area contributed by atoms with Crippen molar-refractivity contribution in [3.05, 3.63) is 77.1 Å². The fourth-order valence-corrected chi connectivity index (χ4v) is 2.35. The number of anilines is 3. The van der Waals surface area contributed by atoms with Crippen molar-refractivity contribution in [2.24, 2.45) is 0 Å². The van der Waals surface area contributed by atoms with Crippen molar-refractivity contribution < 1.29 is 9.18 Å². The first kappa shape index (κ1) is 16.6. The van der Waals surface area contributed by atoms with Crippen LogP contribution in [0.15, 0.2) is 54.6 Å². The molecule has 126 valence electrons. The monoisotopic (exact) mass is 336 g/mol. The summed E-state index contributed by atoms with van der Waals surface area (Å²) in [6, 6.07) is 14.7. The highest BCUT2D eigenvalue weighted by Crippen LogP contribution is 2.20. The summed E-state index contributed by atoms with van der Waals surface area (Å²) in [7, 11) is 0. The summed E-state index contributed by atoms with van der Waals surface area (Å²) in [5.74, 6) is 0.134. The van der Waals surface area contributed by atoms with E-state index in [-0.39, 0.29) is 5.91 Å². The quantitative estimate of drug-likeness (QED) is 0.748. The first-order chi connectivity index (χ1) is 12.0. The Morgan fingerprint density at radius 2 is 1.60 bits per heavy atom. The van der Waals surface area contributed by atoms with Gasteiger partial charge in [0, 0.05) is 11.3 Å². The smallest absolute Gasteiger partial charge is 0.256 e. The molecule has 25 heavy (non-hydrogen) atoms. The largest absolute Gasteiger partial charge is 0.339 e. The Kier molecular flexibility index (Phi) is 4.70. The van der Waals surface area contributed by atoms with E-state index in [9.17, 15) is 9.18 Å². The summed E-state index contributed by atoms with van der Waals surface area (Å²) in [6.45, 7) is 4.05. The fourth-order valence-electron chi connectivity index (χ4n) is 2.35. The minimum absolute atomic E-state index is 0.320. The molecule has 0 aliphatic carbocycles. The molecule has 0 atom stereocenters. The first-order valence-electron chi connectivity index (χ1n) is 7.76. The van der Waals surface area contributed by atoms with Crippen molar-refractivity contribution in [3.63, 3.8) is 0 Å². The molecule has 0 bridgehead atoms. The van der Waals surface area contributed by atoms with Gasteiger partial charge in [0.2, 0.25) is 0 Å². The minimum atomic E-state index is -0.391. The highest BCUT2D eigenvalue weighted by Gasteiger charge is 2.08. The Labute approximate surface area is 144 Å². The van der Waals surface area contributed by atoms with Crippen LogP contribution in [0.5, 0.6) is 0 Å². The number of hydrogen-bond acceptors (Lipinski definition) is 4. The number of aryl methyl sites for hydroxylation is 2. The normalized spacial score (nSPS) is 10.4. The van der Waals surface area contributed by atoms with Gasteiger partial charge in [-0.1, -0.05) is 17.7 Å². The average Bonchev–Trinajstić information content (AvgIpc) is 2.59. The zero-order chi connectivity index (χ0) is 17.8. The lowest BCUT2D eigenvalue weighted by Crippen LogP contribution is -2.13. The van der Waals surface area contributed by atoms with E-state index in [1.165, 1.54) is 29.8 Å². The maximum absolute atomic E-state index is 12.9. The molecule has 3 rings (SSSR count). The molecule has 0 unspecified atom stereocenters. The molecule has 0 aliphatic heterocycles. The second kappa shape index (κ2) is 7.09. The molecule has 0 aliphatic rings. The van der Waals surface area contributed by atoms with Gasteiger partial charge in [0.15, 0.2) is 11.6 Å². The SMILES string of the molecule is Cc1ccc(Nc2ccc(NC(=O)c3ccc(F)cc3)nn2)c(C)c1. The average molecular weight is 336 g/mol. The fraction of sp³-hybridized carbons (Fsp3) is 0.105. The van der Waals surface area contributed by atoms with Crippen LogP contribution in [0.2, 0.25) is 0 Å². The Morgan fingerprint density at radius 3 is 2.24 bits per heavy atom. The van der Waals surface area contributed by atoms with Gasteiger partial charge in [-0.25, -0.2) is 4.39 Å². The Morgan fingerprint density at radius 1 is 0.920 bits per heavy atom. The summed E-state index contributed by atoms with van der Waals surface area (Å²) in [5.41, 5.74) is 3.59. The summed E-state index contributed by atoms with van der Waals surface area (Å²) < 4.78 is 12.9. The minimum Gasteiger partial charge on any atom is -0.339 e. The molecule has 0 saturated carbocycles. The van der Waals surface area contributed by atoms with Gasteiger partial charge in [-0.3, -0.25) is 4.79 Å². The molecule has 1 heterocycles. The lowest BCUT2D eigenvalue weighted by Gasteiger charge is -2.09. The predicted molar refractivity (Wildman–Crippen MR) is 95.6 cm³/mol. The van der Waals surface area contributed by atoms with E-state index >= 15 is 0 Å². The predicted octanol–water partition coefficient (Wildman–Crippen LogP) is 4.23. The number of amides is 1. The lowest BCUT2D eigenvalue weighted by molar-refractivity contribution is 0.102. The summed E-state index contributed by atoms with van der Waals surface area (Å²) in [5, 5.41) is 13.9. The van der Waals surface area contributed by atoms with Gasteiger partial charge in [0.1, 0.15) is 5.82 Å². The third-order valence-corrected chi connectivity index (χ3v) is 3.66. The van der Waals surface area contributed by atoms with E-state index in [2.05, 4.69) is 26.9 Å². The van der Waals surface area contributed by atoms with E-state index in [0.29, 0.717) is 17.2 Å². The van der Waals surface area contributed by atoms with E-state index in [1.807, 2.05) is 26.0 Å². The molecule has 0 fully saturated rings. The van der Waals surface area contributed by atoms with E-state index in [1.54, 1.807) is 12.1 Å². The van der Waals surface area contributed by atoms with Crippen LogP contribution in [-0.4, -0.2) is 16.1 Å². The topological polar surface area (TPSA) is 66.9 Å². The Hall–Kier alpha value is -3.28. The van der Waals surface area contributed by atoms with Crippen LogP contribution >= 0.6 is 0 Å². The maximum atomic E-state index is 12.9. The number of carbonyl (C=O) groups is 1. The third kappa shape index (κ3) is 4.17. The Bertz CT molecular complexity index is 892. The van der Waals surface area contributed by atoms with Crippen molar-refractivity contribution in [1.29, 1.82) is 0 Å². The number of nitrogens with zero attached hydrogens (tertiary/aromatic N) is 2. The molecule has 1 aromatic heterocycles. The third-order valence-electron chi connectivity index (χ3n) is 3.66. The van der Waals surface area contributed by atoms with Crippen LogP contribution in [0.1, 0.15) is 21.5 Å². The second-order valence-electron chi connectivity index (χ2n) is 5.71. The zero-order valence-corrected chi connectivity index (χ0v) is 13.9. The van der Waals surface area contributed by atoms with E-state index < -0.39 is 5.82 Å². The van der Waals surface area contributed by atoms with Crippen LogP contribution in [-0.2, 0) is 0 Å². The second-order valence-corrected chi connectivity index (χ2v) is 5.71. The molecule has 1 amide bonds. The van der Waals surface area contributed by atoms with Crippen molar-refractivity contribution in [2.45, 2.75) is 13.8 Å². The number of hydrogen-bond donors (Lipinski definition) is 2. The first-order valence-corrected chi connectivity index (χ1v) is 7.76. The summed E-state index contributed by atoms with van der Waals surface area (Å²) >= 11 is 0. The van der Waals surface area contributed by atoms with Crippen LogP contribution in [0.4, 0.5) is 21.7 Å². The molecular formula is C19H17FN4O. The number of halogens is 1. The molecule has 2 aromatic carbocycles. The van der Waals surface area contributed by atoms with Crippen molar-refractivity contribution >= 4 is 23.2 Å². The van der Waals surface area contributed by atoms with Crippen LogP contribution < -0.4 is 10.6 Å². The van der Waals surface area contributed by atoms with Gasteiger partial charge in [0.25, 0.3) is 5.91 Å². The van der Waals surface area contributed by atoms with E-state index in [4.69, 9.17) is 0 Å². The van der Waals surface area contributed by atoms with Gasteiger partial charge < -0.3 is 10.6 Å². The molecule has 0 radical (unpaired) electrons. The molecule has 0 spiro atoms. The Balaban J connectivity index is 1.67. The standard InChI is InChI=1S/C19H17FN4O/c1-12-3-8-16(13(2)11-12)21-17-9-10-18(24-23-17)22-19(25)14-4-6-15(20)7-5-14/h3-11H,1-2H3,(H,21,23)(H,22,24,25).